The highest BCUT2D eigenvalue weighted by Gasteiger charge is 2.22. The minimum absolute atomic E-state index is 0.202. The molecule has 5 rings (SSSR count). The first kappa shape index (κ1) is 19.2. The van der Waals surface area contributed by atoms with Crippen LogP contribution in [0.15, 0.2) is 90.4 Å². The Morgan fingerprint density at radius 2 is 1.65 bits per heavy atom. The van der Waals surface area contributed by atoms with Crippen LogP contribution in [0.2, 0.25) is 0 Å². The molecule has 0 aliphatic carbocycles. The van der Waals surface area contributed by atoms with E-state index in [0.717, 1.165) is 27.0 Å². The zero-order valence-electron chi connectivity index (χ0n) is 16.7. The van der Waals surface area contributed by atoms with E-state index in [-0.39, 0.29) is 5.91 Å². The lowest BCUT2D eigenvalue weighted by Gasteiger charge is -2.05. The Kier molecular flexibility index (Phi) is 5.29. The largest absolute Gasteiger partial charge is 0.347 e. The molecular weight excluding hydrogens is 404 g/mol. The first-order valence-electron chi connectivity index (χ1n) is 10.0. The molecule has 0 saturated heterocycles. The van der Waals surface area contributed by atoms with Crippen molar-refractivity contribution in [2.45, 2.75) is 13.1 Å². The lowest BCUT2D eigenvalue weighted by Crippen LogP contribution is -2.23. The van der Waals surface area contributed by atoms with E-state index in [9.17, 15) is 4.79 Å². The van der Waals surface area contributed by atoms with Crippen LogP contribution in [0.3, 0.4) is 0 Å². The molecule has 0 fully saturated rings. The van der Waals surface area contributed by atoms with E-state index in [4.69, 9.17) is 5.10 Å². The smallest absolute Gasteiger partial charge is 0.272 e. The fraction of sp³-hybridized carbons (Fsp3) is 0.0800. The van der Waals surface area contributed by atoms with Crippen LogP contribution >= 0.6 is 11.3 Å². The molecule has 0 aliphatic rings. The number of carbonyl (C=O) groups is 1. The Morgan fingerprint density at radius 3 is 2.35 bits per heavy atom. The van der Waals surface area contributed by atoms with E-state index in [1.807, 2.05) is 82.9 Å². The van der Waals surface area contributed by atoms with Crippen molar-refractivity contribution in [2.24, 2.45) is 0 Å². The van der Waals surface area contributed by atoms with E-state index in [0.29, 0.717) is 24.4 Å². The van der Waals surface area contributed by atoms with Crippen molar-refractivity contribution in [3.63, 3.8) is 0 Å². The Bertz CT molecular complexity index is 1310. The summed E-state index contributed by atoms with van der Waals surface area (Å²) in [6.45, 7) is 0.992. The molecule has 6 heteroatoms. The van der Waals surface area contributed by atoms with Crippen LogP contribution in [0, 0.1) is 0 Å². The second-order valence-corrected chi connectivity index (χ2v) is 8.14. The maximum absolute atomic E-state index is 13.2. The molecular formula is C25H20N4OS. The summed E-state index contributed by atoms with van der Waals surface area (Å²) in [5.74, 6) is -0.202. The number of amides is 1. The number of rotatable bonds is 6. The van der Waals surface area contributed by atoms with Gasteiger partial charge in [-0.25, -0.2) is 9.67 Å². The standard InChI is InChI=1S/C25H20N4OS/c30-25(27-16-18-8-3-1-4-9-18)23-22-20(21-12-7-15-31-21)13-14-26-24(22)29(28-23)17-19-10-5-2-6-11-19/h1-15H,16-17H2,(H,27,30). The van der Waals surface area contributed by atoms with Gasteiger partial charge >= 0.3 is 0 Å². The minimum atomic E-state index is -0.202. The molecule has 3 aromatic heterocycles. The normalized spacial score (nSPS) is 11.0. The minimum Gasteiger partial charge on any atom is -0.347 e. The van der Waals surface area contributed by atoms with E-state index in [1.165, 1.54) is 0 Å². The average molecular weight is 425 g/mol. The zero-order valence-corrected chi connectivity index (χ0v) is 17.5. The topological polar surface area (TPSA) is 59.8 Å². The molecule has 0 saturated carbocycles. The van der Waals surface area contributed by atoms with Crippen LogP contribution in [0.5, 0.6) is 0 Å². The van der Waals surface area contributed by atoms with Gasteiger partial charge in [-0.2, -0.15) is 5.10 Å². The monoisotopic (exact) mass is 424 g/mol. The van der Waals surface area contributed by atoms with Gasteiger partial charge in [0.25, 0.3) is 5.91 Å². The summed E-state index contributed by atoms with van der Waals surface area (Å²) in [5, 5.41) is 10.5. The summed E-state index contributed by atoms with van der Waals surface area (Å²) < 4.78 is 1.82. The molecule has 0 atom stereocenters. The molecule has 1 N–H and O–H groups in total. The number of hydrogen-bond acceptors (Lipinski definition) is 4. The highest BCUT2D eigenvalue weighted by molar-refractivity contribution is 7.13. The van der Waals surface area contributed by atoms with Crippen LogP contribution in [0.4, 0.5) is 0 Å². The van der Waals surface area contributed by atoms with Gasteiger partial charge in [0.15, 0.2) is 11.3 Å². The molecule has 3 heterocycles. The van der Waals surface area contributed by atoms with Crippen LogP contribution in [0.25, 0.3) is 21.5 Å². The predicted molar refractivity (Wildman–Crippen MR) is 124 cm³/mol. The number of carbonyl (C=O) groups excluding carboxylic acids is 1. The number of pyridine rings is 1. The maximum atomic E-state index is 13.2. The van der Waals surface area contributed by atoms with Gasteiger partial charge in [0, 0.05) is 23.2 Å². The van der Waals surface area contributed by atoms with Crippen LogP contribution in [0.1, 0.15) is 21.6 Å². The van der Waals surface area contributed by atoms with Gasteiger partial charge in [-0.15, -0.1) is 11.3 Å². The second kappa shape index (κ2) is 8.53. The van der Waals surface area contributed by atoms with Gasteiger partial charge in [0.05, 0.1) is 11.9 Å². The van der Waals surface area contributed by atoms with Gasteiger partial charge in [0.1, 0.15) is 0 Å². The molecule has 152 valence electrons. The lowest BCUT2D eigenvalue weighted by atomic mass is 10.1. The Labute approximate surface area is 184 Å². The number of benzene rings is 2. The number of thiophene rings is 1. The molecule has 2 aromatic carbocycles. The van der Waals surface area contributed by atoms with E-state index < -0.39 is 0 Å². The quantitative estimate of drug-likeness (QED) is 0.411. The van der Waals surface area contributed by atoms with Crippen LogP contribution in [-0.2, 0) is 13.1 Å². The number of nitrogens with zero attached hydrogens (tertiary/aromatic N) is 3. The van der Waals surface area contributed by atoms with Gasteiger partial charge in [-0.1, -0.05) is 66.7 Å². The summed E-state index contributed by atoms with van der Waals surface area (Å²) >= 11 is 1.64. The average Bonchev–Trinajstić information content (AvgIpc) is 3.48. The number of hydrogen-bond donors (Lipinski definition) is 1. The van der Waals surface area contributed by atoms with E-state index in [2.05, 4.69) is 16.4 Å². The van der Waals surface area contributed by atoms with Gasteiger partial charge in [0.2, 0.25) is 0 Å². The van der Waals surface area contributed by atoms with Crippen molar-refractivity contribution in [1.82, 2.24) is 20.1 Å². The fourth-order valence-corrected chi connectivity index (χ4v) is 4.38. The predicted octanol–water partition coefficient (Wildman–Crippen LogP) is 5.14. The molecule has 0 bridgehead atoms. The first-order valence-corrected chi connectivity index (χ1v) is 10.9. The summed E-state index contributed by atoms with van der Waals surface area (Å²) in [6.07, 6.45) is 1.78. The fourth-order valence-electron chi connectivity index (χ4n) is 3.62. The van der Waals surface area contributed by atoms with Crippen molar-refractivity contribution in [3.8, 4) is 10.4 Å². The molecule has 5 nitrogen and oxygen atoms in total. The third kappa shape index (κ3) is 3.98. The number of nitrogens with one attached hydrogen (secondary N) is 1. The Hall–Kier alpha value is -3.77. The van der Waals surface area contributed by atoms with Crippen molar-refractivity contribution in [1.29, 1.82) is 0 Å². The highest BCUT2D eigenvalue weighted by atomic mass is 32.1. The van der Waals surface area contributed by atoms with Gasteiger partial charge in [-0.3, -0.25) is 4.79 Å². The molecule has 0 spiro atoms. The van der Waals surface area contributed by atoms with Crippen molar-refractivity contribution in [2.75, 3.05) is 0 Å². The van der Waals surface area contributed by atoms with Crippen LogP contribution < -0.4 is 5.32 Å². The summed E-state index contributed by atoms with van der Waals surface area (Å²) in [7, 11) is 0. The van der Waals surface area contributed by atoms with Crippen molar-refractivity contribution < 1.29 is 4.79 Å². The lowest BCUT2D eigenvalue weighted by molar-refractivity contribution is 0.0946. The van der Waals surface area contributed by atoms with E-state index >= 15 is 0 Å². The number of aromatic nitrogens is 3. The summed E-state index contributed by atoms with van der Waals surface area (Å²) in [4.78, 5) is 18.9. The van der Waals surface area contributed by atoms with Crippen LogP contribution in [-0.4, -0.2) is 20.7 Å². The molecule has 5 aromatic rings. The Balaban J connectivity index is 1.57. The summed E-state index contributed by atoms with van der Waals surface area (Å²) in [6, 6.07) is 26.0. The Morgan fingerprint density at radius 1 is 0.903 bits per heavy atom. The third-order valence-corrected chi connectivity index (χ3v) is 6.01. The third-order valence-electron chi connectivity index (χ3n) is 5.11. The molecule has 1 amide bonds. The highest BCUT2D eigenvalue weighted by Crippen LogP contribution is 2.33. The first-order chi connectivity index (χ1) is 15.3. The second-order valence-electron chi connectivity index (χ2n) is 7.19. The molecule has 0 aliphatic heterocycles. The van der Waals surface area contributed by atoms with Crippen molar-refractivity contribution >= 4 is 28.3 Å². The van der Waals surface area contributed by atoms with Gasteiger partial charge < -0.3 is 5.32 Å². The summed E-state index contributed by atoms with van der Waals surface area (Å²) in [5.41, 5.74) is 4.23. The molecule has 0 unspecified atom stereocenters. The zero-order chi connectivity index (χ0) is 21.0. The SMILES string of the molecule is O=C(NCc1ccccc1)c1nn(Cc2ccccc2)c2nccc(-c3cccs3)c12. The van der Waals surface area contributed by atoms with E-state index in [1.54, 1.807) is 17.5 Å². The number of fused-ring (bicyclic) bond motifs is 1. The maximum Gasteiger partial charge on any atom is 0.272 e. The molecule has 0 radical (unpaired) electrons. The molecule has 31 heavy (non-hydrogen) atoms. The van der Waals surface area contributed by atoms with Gasteiger partial charge in [-0.05, 0) is 28.6 Å². The van der Waals surface area contributed by atoms with Crippen molar-refractivity contribution in [3.05, 3.63) is 107 Å².